The third-order valence-corrected chi connectivity index (χ3v) is 6.27. The van der Waals surface area contributed by atoms with Gasteiger partial charge in [0.05, 0.1) is 11.3 Å². The topological polar surface area (TPSA) is 63.2 Å². The van der Waals surface area contributed by atoms with E-state index in [1.54, 1.807) is 22.9 Å². The molecular formula is C22H22F3N3O3S. The maximum atomic E-state index is 12.8. The Labute approximate surface area is 187 Å². The summed E-state index contributed by atoms with van der Waals surface area (Å²) >= 11 is 1.58. The van der Waals surface area contributed by atoms with Crippen molar-refractivity contribution in [2.45, 2.75) is 35.9 Å². The van der Waals surface area contributed by atoms with Crippen molar-refractivity contribution >= 4 is 29.3 Å². The lowest BCUT2D eigenvalue weighted by Gasteiger charge is -2.35. The summed E-state index contributed by atoms with van der Waals surface area (Å²) in [5, 5.41) is 8.43. The molecule has 1 spiro atoms. The van der Waals surface area contributed by atoms with Gasteiger partial charge in [-0.1, -0.05) is 23.4 Å². The minimum absolute atomic E-state index is 0.466. The molecule has 0 aliphatic carbocycles. The molecule has 2 aliphatic heterocycles. The van der Waals surface area contributed by atoms with Gasteiger partial charge in [-0.2, -0.15) is 13.2 Å². The van der Waals surface area contributed by atoms with Gasteiger partial charge in [0.1, 0.15) is 5.60 Å². The van der Waals surface area contributed by atoms with Gasteiger partial charge in [-0.3, -0.25) is 5.32 Å². The molecule has 0 saturated carbocycles. The molecule has 10 heteroatoms. The van der Waals surface area contributed by atoms with Crippen molar-refractivity contribution in [2.75, 3.05) is 24.7 Å². The first-order chi connectivity index (χ1) is 15.3. The standard InChI is InChI=1S/C22H22F3N3O3S/c1-32-18-4-2-3-17(13-18)26-20(29)30-28-11-9-21(10-12-28)14-19(27-31-21)15-5-7-16(8-6-15)22(23,24)25/h2-8,13H,9-12,14H2,1H3,(H,26,29). The van der Waals surface area contributed by atoms with Gasteiger partial charge < -0.3 is 9.68 Å². The highest BCUT2D eigenvalue weighted by Gasteiger charge is 2.43. The zero-order chi connectivity index (χ0) is 22.8. The fourth-order valence-corrected chi connectivity index (χ4v) is 4.20. The fraction of sp³-hybridized carbons (Fsp3) is 0.364. The van der Waals surface area contributed by atoms with E-state index in [-0.39, 0.29) is 0 Å². The highest BCUT2D eigenvalue weighted by Crippen LogP contribution is 2.37. The van der Waals surface area contributed by atoms with Gasteiger partial charge in [0.25, 0.3) is 0 Å². The van der Waals surface area contributed by atoms with Crippen molar-refractivity contribution < 1.29 is 27.6 Å². The van der Waals surface area contributed by atoms with Crippen molar-refractivity contribution in [3.8, 4) is 0 Å². The third-order valence-electron chi connectivity index (χ3n) is 5.55. The number of halogens is 3. The van der Waals surface area contributed by atoms with E-state index in [0.717, 1.165) is 17.0 Å². The molecule has 0 atom stereocenters. The maximum Gasteiger partial charge on any atom is 0.430 e. The Hall–Kier alpha value is -2.72. The SMILES string of the molecule is CSc1cccc(NC(=O)ON2CCC3(CC2)CC(c2ccc(C(F)(F)F)cc2)=NO3)c1. The molecule has 1 N–H and O–H groups in total. The largest absolute Gasteiger partial charge is 0.430 e. The van der Waals surface area contributed by atoms with Crippen LogP contribution in [0.4, 0.5) is 23.7 Å². The Morgan fingerprint density at radius 3 is 2.56 bits per heavy atom. The number of carbonyl (C=O) groups excluding carboxylic acids is 1. The molecule has 1 saturated heterocycles. The van der Waals surface area contributed by atoms with Gasteiger partial charge in [-0.15, -0.1) is 16.8 Å². The first-order valence-electron chi connectivity index (χ1n) is 10.1. The molecule has 32 heavy (non-hydrogen) atoms. The molecule has 2 heterocycles. The monoisotopic (exact) mass is 465 g/mol. The van der Waals surface area contributed by atoms with Crippen molar-refractivity contribution in [3.63, 3.8) is 0 Å². The summed E-state index contributed by atoms with van der Waals surface area (Å²) in [7, 11) is 0. The van der Waals surface area contributed by atoms with Crippen molar-refractivity contribution in [2.24, 2.45) is 5.16 Å². The molecule has 6 nitrogen and oxygen atoms in total. The second-order valence-corrected chi connectivity index (χ2v) is 8.61. The predicted molar refractivity (Wildman–Crippen MR) is 116 cm³/mol. The summed E-state index contributed by atoms with van der Waals surface area (Å²) in [6.45, 7) is 0.933. The number of nitrogens with one attached hydrogen (secondary N) is 1. The number of hydroxylamine groups is 2. The molecule has 0 radical (unpaired) electrons. The van der Waals surface area contributed by atoms with Crippen LogP contribution >= 0.6 is 11.8 Å². The van der Waals surface area contributed by atoms with E-state index in [0.29, 0.717) is 49.3 Å². The highest BCUT2D eigenvalue weighted by molar-refractivity contribution is 7.98. The number of hydrogen-bond donors (Lipinski definition) is 1. The van der Waals surface area contributed by atoms with Gasteiger partial charge >= 0.3 is 12.3 Å². The Morgan fingerprint density at radius 2 is 1.91 bits per heavy atom. The lowest BCUT2D eigenvalue weighted by molar-refractivity contribution is -0.154. The smallest absolute Gasteiger partial charge is 0.388 e. The molecule has 4 rings (SSSR count). The van der Waals surface area contributed by atoms with Crippen molar-refractivity contribution in [1.29, 1.82) is 0 Å². The van der Waals surface area contributed by atoms with E-state index in [4.69, 9.17) is 9.68 Å². The number of hydrogen-bond acceptors (Lipinski definition) is 6. The molecule has 0 unspecified atom stereocenters. The second kappa shape index (κ2) is 9.03. The Balaban J connectivity index is 1.28. The maximum absolute atomic E-state index is 12.8. The summed E-state index contributed by atoms with van der Waals surface area (Å²) in [4.78, 5) is 24.4. The second-order valence-electron chi connectivity index (χ2n) is 7.73. The van der Waals surface area contributed by atoms with Gasteiger partial charge in [0.2, 0.25) is 0 Å². The van der Waals surface area contributed by atoms with Crippen LogP contribution in [0.15, 0.2) is 58.6 Å². The van der Waals surface area contributed by atoms with Gasteiger partial charge in [0, 0.05) is 42.9 Å². The van der Waals surface area contributed by atoms with Crippen molar-refractivity contribution in [1.82, 2.24) is 5.06 Å². The lowest BCUT2D eigenvalue weighted by atomic mass is 9.86. The zero-order valence-electron chi connectivity index (χ0n) is 17.3. The van der Waals surface area contributed by atoms with Crippen LogP contribution in [-0.2, 0) is 15.9 Å². The molecule has 1 amide bonds. The number of nitrogens with zero attached hydrogens (tertiary/aromatic N) is 2. The number of rotatable bonds is 4. The molecule has 0 bridgehead atoms. The van der Waals surface area contributed by atoms with Gasteiger partial charge in [-0.05, 0) is 42.2 Å². The molecule has 1 fully saturated rings. The van der Waals surface area contributed by atoms with Gasteiger partial charge in [-0.25, -0.2) is 4.79 Å². The molecule has 0 aromatic heterocycles. The molecule has 170 valence electrons. The van der Waals surface area contributed by atoms with E-state index in [1.807, 2.05) is 24.5 Å². The highest BCUT2D eigenvalue weighted by atomic mass is 32.2. The van der Waals surface area contributed by atoms with Crippen LogP contribution in [0.25, 0.3) is 0 Å². The van der Waals surface area contributed by atoms with E-state index in [9.17, 15) is 18.0 Å². The average molecular weight is 465 g/mol. The number of piperidine rings is 1. The summed E-state index contributed by atoms with van der Waals surface area (Å²) < 4.78 is 38.3. The van der Waals surface area contributed by atoms with E-state index in [1.165, 1.54) is 12.1 Å². The number of thioether (sulfide) groups is 1. The Bertz CT molecular complexity index is 1000. The number of amides is 1. The van der Waals surface area contributed by atoms with Crippen LogP contribution in [0, 0.1) is 0 Å². The molecular weight excluding hydrogens is 443 g/mol. The number of carbonyl (C=O) groups is 1. The molecule has 2 aromatic rings. The summed E-state index contributed by atoms with van der Waals surface area (Å²) in [6.07, 6.45) is -1.32. The number of benzene rings is 2. The van der Waals surface area contributed by atoms with E-state index < -0.39 is 23.4 Å². The van der Waals surface area contributed by atoms with E-state index >= 15 is 0 Å². The predicted octanol–water partition coefficient (Wildman–Crippen LogP) is 5.55. The van der Waals surface area contributed by atoms with Crippen LogP contribution in [-0.4, -0.2) is 41.8 Å². The summed E-state index contributed by atoms with van der Waals surface area (Å²) in [5.74, 6) is 0. The van der Waals surface area contributed by atoms with E-state index in [2.05, 4.69) is 10.5 Å². The van der Waals surface area contributed by atoms with Crippen LogP contribution in [0.1, 0.15) is 30.4 Å². The zero-order valence-corrected chi connectivity index (χ0v) is 18.1. The minimum Gasteiger partial charge on any atom is -0.388 e. The Kier molecular flexibility index (Phi) is 6.34. The van der Waals surface area contributed by atoms with Crippen LogP contribution in [0.2, 0.25) is 0 Å². The lowest BCUT2D eigenvalue weighted by Crippen LogP contribution is -2.45. The first-order valence-corrected chi connectivity index (χ1v) is 11.3. The average Bonchev–Trinajstić information content (AvgIpc) is 3.19. The summed E-state index contributed by atoms with van der Waals surface area (Å²) in [6, 6.07) is 12.4. The number of alkyl halides is 3. The fourth-order valence-electron chi connectivity index (χ4n) is 3.74. The number of anilines is 1. The van der Waals surface area contributed by atoms with Crippen LogP contribution < -0.4 is 5.32 Å². The van der Waals surface area contributed by atoms with Crippen LogP contribution in [0.5, 0.6) is 0 Å². The minimum atomic E-state index is -4.37. The normalized spacial score (nSPS) is 18.2. The first kappa shape index (κ1) is 22.5. The molecule has 2 aromatic carbocycles. The summed E-state index contributed by atoms with van der Waals surface area (Å²) in [5.41, 5.74) is 0.671. The molecule has 2 aliphatic rings. The van der Waals surface area contributed by atoms with Crippen molar-refractivity contribution in [3.05, 3.63) is 59.7 Å². The Morgan fingerprint density at radius 1 is 1.19 bits per heavy atom. The quantitative estimate of drug-likeness (QED) is 0.600. The van der Waals surface area contributed by atoms with Gasteiger partial charge in [0.15, 0.2) is 0 Å². The van der Waals surface area contributed by atoms with Crippen LogP contribution in [0.3, 0.4) is 0 Å². The third kappa shape index (κ3) is 5.18. The number of oxime groups is 1.